The number of thioether (sulfide) groups is 1. The highest BCUT2D eigenvalue weighted by atomic mass is 32.2. The lowest BCUT2D eigenvalue weighted by atomic mass is 10.1. The average molecular weight is 457 g/mol. The minimum absolute atomic E-state index is 0.139. The molecular weight excluding hydrogens is 432 g/mol. The maximum Gasteiger partial charge on any atom is 0.341 e. The highest BCUT2D eigenvalue weighted by Gasteiger charge is 2.19. The van der Waals surface area contributed by atoms with Crippen molar-refractivity contribution in [1.29, 1.82) is 0 Å². The van der Waals surface area contributed by atoms with Gasteiger partial charge in [-0.25, -0.2) is 4.79 Å². The first kappa shape index (κ1) is 22.8. The van der Waals surface area contributed by atoms with Gasteiger partial charge in [-0.15, -0.1) is 28.1 Å². The molecule has 0 radical (unpaired) electrons. The molecule has 1 N–H and O–H groups in total. The lowest BCUT2D eigenvalue weighted by molar-refractivity contribution is -0.113. The van der Waals surface area contributed by atoms with E-state index in [-0.39, 0.29) is 18.3 Å². The fourth-order valence-corrected chi connectivity index (χ4v) is 4.59. The van der Waals surface area contributed by atoms with Crippen LogP contribution in [0.5, 0.6) is 0 Å². The largest absolute Gasteiger partial charge is 0.462 e. The quantitative estimate of drug-likeness (QED) is 0.278. The van der Waals surface area contributed by atoms with E-state index in [1.165, 1.54) is 23.1 Å². The Hall–Kier alpha value is -2.91. The number of nitrogens with one attached hydrogen (secondary N) is 1. The molecule has 2 aromatic heterocycles. The summed E-state index contributed by atoms with van der Waals surface area (Å²) in [4.78, 5) is 25.6. The topological polar surface area (TPSA) is 86.1 Å². The predicted octanol–water partition coefficient (Wildman–Crippen LogP) is 4.33. The van der Waals surface area contributed by atoms with Crippen LogP contribution in [0.4, 0.5) is 5.00 Å². The number of rotatable bonds is 10. The SMILES string of the molecule is C=CCn1c(Cc2ccccc2)nnc1SCC(=O)Nc1sc(C)cc1C(=O)OCC. The van der Waals surface area contributed by atoms with Crippen molar-refractivity contribution >= 4 is 40.0 Å². The summed E-state index contributed by atoms with van der Waals surface area (Å²) >= 11 is 2.64. The number of benzene rings is 1. The monoisotopic (exact) mass is 456 g/mol. The summed E-state index contributed by atoms with van der Waals surface area (Å²) in [6, 6.07) is 11.7. The zero-order valence-corrected chi connectivity index (χ0v) is 19.1. The minimum atomic E-state index is -0.439. The van der Waals surface area contributed by atoms with Gasteiger partial charge in [-0.3, -0.25) is 4.79 Å². The van der Waals surface area contributed by atoms with E-state index in [0.29, 0.717) is 28.7 Å². The van der Waals surface area contributed by atoms with Crippen molar-refractivity contribution in [3.63, 3.8) is 0 Å². The summed E-state index contributed by atoms with van der Waals surface area (Å²) in [5.74, 6) is 0.286. The van der Waals surface area contributed by atoms with Crippen LogP contribution in [0.15, 0.2) is 54.2 Å². The molecule has 0 fully saturated rings. The second-order valence-corrected chi connectivity index (χ2v) is 8.82. The third kappa shape index (κ3) is 6.05. The average Bonchev–Trinajstić information content (AvgIpc) is 3.30. The number of carbonyl (C=O) groups is 2. The zero-order valence-electron chi connectivity index (χ0n) is 17.5. The van der Waals surface area contributed by atoms with Crippen molar-refractivity contribution in [3.05, 3.63) is 70.9 Å². The summed E-state index contributed by atoms with van der Waals surface area (Å²) in [6.45, 7) is 8.27. The van der Waals surface area contributed by atoms with Crippen LogP contribution in [-0.4, -0.2) is 39.0 Å². The van der Waals surface area contributed by atoms with Crippen LogP contribution in [-0.2, 0) is 22.5 Å². The Morgan fingerprint density at radius 1 is 1.29 bits per heavy atom. The van der Waals surface area contributed by atoms with Crippen molar-refractivity contribution in [2.45, 2.75) is 32.0 Å². The number of ether oxygens (including phenoxy) is 1. The third-order valence-electron chi connectivity index (χ3n) is 4.25. The van der Waals surface area contributed by atoms with Crippen molar-refractivity contribution in [1.82, 2.24) is 14.8 Å². The molecule has 3 aromatic rings. The number of hydrogen-bond acceptors (Lipinski definition) is 7. The van der Waals surface area contributed by atoms with Gasteiger partial charge in [-0.1, -0.05) is 48.2 Å². The van der Waals surface area contributed by atoms with Gasteiger partial charge >= 0.3 is 5.97 Å². The van der Waals surface area contributed by atoms with Crippen molar-refractivity contribution in [3.8, 4) is 0 Å². The molecule has 9 heteroatoms. The van der Waals surface area contributed by atoms with Crippen LogP contribution in [0.25, 0.3) is 0 Å². The normalized spacial score (nSPS) is 10.6. The van der Waals surface area contributed by atoms with Crippen LogP contribution in [0.3, 0.4) is 0 Å². The molecule has 1 amide bonds. The van der Waals surface area contributed by atoms with Gasteiger partial charge in [0.1, 0.15) is 10.8 Å². The Morgan fingerprint density at radius 3 is 2.77 bits per heavy atom. The highest BCUT2D eigenvalue weighted by Crippen LogP contribution is 2.29. The molecule has 2 heterocycles. The van der Waals surface area contributed by atoms with Gasteiger partial charge in [0, 0.05) is 17.8 Å². The van der Waals surface area contributed by atoms with Gasteiger partial charge < -0.3 is 14.6 Å². The Morgan fingerprint density at radius 2 is 2.06 bits per heavy atom. The van der Waals surface area contributed by atoms with Gasteiger partial charge in [-0.05, 0) is 25.5 Å². The Kier molecular flexibility index (Phi) is 8.02. The first-order chi connectivity index (χ1) is 15.0. The number of amides is 1. The van der Waals surface area contributed by atoms with Crippen LogP contribution in [0.1, 0.15) is 33.5 Å². The van der Waals surface area contributed by atoms with Gasteiger partial charge in [0.2, 0.25) is 5.91 Å². The molecule has 162 valence electrons. The molecule has 31 heavy (non-hydrogen) atoms. The van der Waals surface area contributed by atoms with E-state index in [9.17, 15) is 9.59 Å². The Labute approximate surface area is 189 Å². The number of aryl methyl sites for hydroxylation is 1. The van der Waals surface area contributed by atoms with E-state index in [1.807, 2.05) is 41.8 Å². The third-order valence-corrected chi connectivity index (χ3v) is 6.18. The van der Waals surface area contributed by atoms with E-state index >= 15 is 0 Å². The number of carbonyl (C=O) groups excluding carboxylic acids is 2. The molecule has 0 atom stereocenters. The molecule has 3 rings (SSSR count). The molecular formula is C22H24N4O3S2. The summed E-state index contributed by atoms with van der Waals surface area (Å²) < 4.78 is 7.02. The smallest absolute Gasteiger partial charge is 0.341 e. The fraction of sp³-hybridized carbons (Fsp3) is 0.273. The first-order valence-corrected chi connectivity index (χ1v) is 11.6. The van der Waals surface area contributed by atoms with E-state index in [2.05, 4.69) is 22.1 Å². The number of esters is 1. The Bertz CT molecular complexity index is 1060. The summed E-state index contributed by atoms with van der Waals surface area (Å²) in [5, 5.41) is 12.5. The molecule has 0 spiro atoms. The fourth-order valence-electron chi connectivity index (χ4n) is 2.91. The van der Waals surface area contributed by atoms with Crippen LogP contribution >= 0.6 is 23.1 Å². The molecule has 0 saturated carbocycles. The van der Waals surface area contributed by atoms with E-state index in [0.717, 1.165) is 16.3 Å². The van der Waals surface area contributed by atoms with Crippen molar-refractivity contribution in [2.75, 3.05) is 17.7 Å². The second-order valence-electron chi connectivity index (χ2n) is 6.62. The lowest BCUT2D eigenvalue weighted by Gasteiger charge is -2.08. The maximum absolute atomic E-state index is 12.5. The second kappa shape index (κ2) is 10.9. The van der Waals surface area contributed by atoms with E-state index < -0.39 is 5.97 Å². The van der Waals surface area contributed by atoms with E-state index in [1.54, 1.807) is 19.1 Å². The molecule has 0 bridgehead atoms. The number of hydrogen-bond donors (Lipinski definition) is 1. The molecule has 0 unspecified atom stereocenters. The highest BCUT2D eigenvalue weighted by molar-refractivity contribution is 7.99. The minimum Gasteiger partial charge on any atom is -0.462 e. The number of nitrogens with zero attached hydrogens (tertiary/aromatic N) is 3. The summed E-state index contributed by atoms with van der Waals surface area (Å²) in [6.07, 6.45) is 2.42. The number of thiophene rings is 1. The van der Waals surface area contributed by atoms with Crippen LogP contribution in [0, 0.1) is 6.92 Å². The van der Waals surface area contributed by atoms with E-state index in [4.69, 9.17) is 4.74 Å². The van der Waals surface area contributed by atoms with Crippen LogP contribution < -0.4 is 5.32 Å². The van der Waals surface area contributed by atoms with Crippen LogP contribution in [0.2, 0.25) is 0 Å². The van der Waals surface area contributed by atoms with Gasteiger partial charge in [0.15, 0.2) is 5.16 Å². The Balaban J connectivity index is 1.67. The van der Waals surface area contributed by atoms with Gasteiger partial charge in [-0.2, -0.15) is 0 Å². The molecule has 1 aromatic carbocycles. The predicted molar refractivity (Wildman–Crippen MR) is 124 cm³/mol. The standard InChI is InChI=1S/C22H24N4O3S2/c1-4-11-26-18(13-16-9-7-6-8-10-16)24-25-22(26)30-14-19(27)23-20-17(12-15(3)31-20)21(28)29-5-2/h4,6-10,12H,1,5,11,13-14H2,2-3H3,(H,23,27). The van der Waals surface area contributed by atoms with Gasteiger partial charge in [0.25, 0.3) is 0 Å². The lowest BCUT2D eigenvalue weighted by Crippen LogP contribution is -2.16. The van der Waals surface area contributed by atoms with Crippen molar-refractivity contribution < 1.29 is 14.3 Å². The van der Waals surface area contributed by atoms with Crippen molar-refractivity contribution in [2.24, 2.45) is 0 Å². The summed E-state index contributed by atoms with van der Waals surface area (Å²) in [5.41, 5.74) is 1.51. The molecule has 0 saturated heterocycles. The zero-order chi connectivity index (χ0) is 22.2. The molecule has 7 nitrogen and oxygen atoms in total. The molecule has 0 aliphatic rings. The first-order valence-electron chi connectivity index (χ1n) is 9.79. The maximum atomic E-state index is 12.5. The van der Waals surface area contributed by atoms with Gasteiger partial charge in [0.05, 0.1) is 17.9 Å². The molecule has 0 aliphatic heterocycles. The summed E-state index contributed by atoms with van der Waals surface area (Å²) in [7, 11) is 0. The number of allylic oxidation sites excluding steroid dienone is 1. The number of anilines is 1. The molecule has 0 aliphatic carbocycles. The number of aromatic nitrogens is 3.